The first-order chi connectivity index (χ1) is 12.5. The van der Waals surface area contributed by atoms with E-state index in [1.807, 2.05) is 0 Å². The summed E-state index contributed by atoms with van der Waals surface area (Å²) in [6.07, 6.45) is 0. The average Bonchev–Trinajstić information content (AvgIpc) is 2.66. The first kappa shape index (κ1) is 20.8. The average molecular weight is 405 g/mol. The first-order valence-corrected chi connectivity index (χ1v) is 8.91. The molecule has 1 aliphatic heterocycles. The molecule has 0 N–H and O–H groups in total. The lowest BCUT2D eigenvalue weighted by atomic mass is 10.1. The van der Waals surface area contributed by atoms with Crippen LogP contribution in [-0.4, -0.2) is 81.8 Å². The number of carbonyl (C=O) groups is 2. The molecule has 7 nitrogen and oxygen atoms in total. The number of hydrogen-bond acceptors (Lipinski definition) is 5. The van der Waals surface area contributed by atoms with Crippen molar-refractivity contribution in [3.05, 3.63) is 27.7 Å². The molecule has 2 rings (SSSR count). The van der Waals surface area contributed by atoms with Gasteiger partial charge in [-0.05, 0) is 12.1 Å². The van der Waals surface area contributed by atoms with E-state index in [2.05, 4.69) is 0 Å². The van der Waals surface area contributed by atoms with Gasteiger partial charge in [0.25, 0.3) is 5.91 Å². The van der Waals surface area contributed by atoms with Crippen molar-refractivity contribution in [3.8, 4) is 5.75 Å². The van der Waals surface area contributed by atoms with Crippen molar-refractivity contribution in [1.82, 2.24) is 9.80 Å². The Labute approximate surface area is 162 Å². The topological polar surface area (TPSA) is 68.3 Å². The number of nitrogens with zero attached hydrogens (tertiary/aromatic N) is 2. The number of ether oxygens (including phenoxy) is 3. The molecule has 0 bridgehead atoms. The maximum atomic E-state index is 12.8. The summed E-state index contributed by atoms with van der Waals surface area (Å²) in [6, 6.07) is 3.15. The molecule has 0 aromatic heterocycles. The van der Waals surface area contributed by atoms with Crippen LogP contribution in [0.3, 0.4) is 0 Å². The second kappa shape index (κ2) is 9.97. The van der Waals surface area contributed by atoms with Gasteiger partial charge in [0, 0.05) is 33.3 Å². The van der Waals surface area contributed by atoms with E-state index < -0.39 is 0 Å². The molecule has 144 valence electrons. The van der Waals surface area contributed by atoms with Gasteiger partial charge in [0.05, 0.1) is 30.4 Å². The number of rotatable bonds is 7. The minimum absolute atomic E-state index is 0.00521. The van der Waals surface area contributed by atoms with Gasteiger partial charge in [-0.25, -0.2) is 0 Å². The van der Waals surface area contributed by atoms with Crippen LogP contribution in [0, 0.1) is 0 Å². The zero-order chi connectivity index (χ0) is 19.1. The molecule has 0 spiro atoms. The summed E-state index contributed by atoms with van der Waals surface area (Å²) in [5, 5.41) is 0.601. The van der Waals surface area contributed by atoms with Gasteiger partial charge >= 0.3 is 0 Å². The highest BCUT2D eigenvalue weighted by Crippen LogP contribution is 2.34. The van der Waals surface area contributed by atoms with Crippen molar-refractivity contribution in [1.29, 1.82) is 0 Å². The molecule has 9 heteroatoms. The third-order valence-corrected chi connectivity index (χ3v) is 4.67. The Morgan fingerprint density at radius 2 is 1.62 bits per heavy atom. The van der Waals surface area contributed by atoms with Gasteiger partial charge < -0.3 is 24.0 Å². The monoisotopic (exact) mass is 404 g/mol. The fourth-order valence-electron chi connectivity index (χ4n) is 2.64. The van der Waals surface area contributed by atoms with Crippen LogP contribution in [0.1, 0.15) is 10.4 Å². The van der Waals surface area contributed by atoms with Crippen LogP contribution in [0.5, 0.6) is 5.75 Å². The van der Waals surface area contributed by atoms with Crippen molar-refractivity contribution in [2.24, 2.45) is 0 Å². The normalized spacial score (nSPS) is 14.5. The van der Waals surface area contributed by atoms with Gasteiger partial charge in [0.15, 0.2) is 5.75 Å². The predicted octanol–water partition coefficient (Wildman–Crippen LogP) is 1.95. The van der Waals surface area contributed by atoms with Crippen LogP contribution in [0.25, 0.3) is 0 Å². The molecule has 1 aromatic rings. The number of benzene rings is 1. The molecular weight excluding hydrogens is 383 g/mol. The van der Waals surface area contributed by atoms with Crippen molar-refractivity contribution in [2.75, 3.05) is 60.2 Å². The molecule has 1 aromatic carbocycles. The Morgan fingerprint density at radius 1 is 1.00 bits per heavy atom. The van der Waals surface area contributed by atoms with Crippen molar-refractivity contribution >= 4 is 35.0 Å². The van der Waals surface area contributed by atoms with Gasteiger partial charge in [0.1, 0.15) is 12.2 Å². The van der Waals surface area contributed by atoms with E-state index in [0.717, 1.165) is 0 Å². The Hall–Kier alpha value is -1.54. The van der Waals surface area contributed by atoms with Crippen molar-refractivity contribution in [3.63, 3.8) is 0 Å². The largest absolute Gasteiger partial charge is 0.494 e. The third kappa shape index (κ3) is 5.01. The summed E-state index contributed by atoms with van der Waals surface area (Å²) in [7, 11) is 3.01. The molecule has 2 amide bonds. The molecule has 0 radical (unpaired) electrons. The molecule has 1 saturated heterocycles. The predicted molar refractivity (Wildman–Crippen MR) is 98.2 cm³/mol. The van der Waals surface area contributed by atoms with E-state index in [9.17, 15) is 9.59 Å². The molecule has 26 heavy (non-hydrogen) atoms. The minimum Gasteiger partial charge on any atom is -0.494 e. The Kier molecular flexibility index (Phi) is 7.96. The maximum Gasteiger partial charge on any atom is 0.259 e. The van der Waals surface area contributed by atoms with Gasteiger partial charge in [-0.15, -0.1) is 0 Å². The number of carbonyl (C=O) groups excluding carboxylic acids is 2. The van der Waals surface area contributed by atoms with Gasteiger partial charge in [-0.1, -0.05) is 23.2 Å². The highest BCUT2D eigenvalue weighted by atomic mass is 35.5. The van der Waals surface area contributed by atoms with Crippen LogP contribution < -0.4 is 4.74 Å². The Morgan fingerprint density at radius 3 is 2.23 bits per heavy atom. The Balaban J connectivity index is 1.95. The second-order valence-corrected chi connectivity index (χ2v) is 6.47. The first-order valence-electron chi connectivity index (χ1n) is 8.15. The van der Waals surface area contributed by atoms with Gasteiger partial charge in [-0.2, -0.15) is 0 Å². The van der Waals surface area contributed by atoms with E-state index >= 15 is 0 Å². The Bertz CT molecular complexity index is 648. The van der Waals surface area contributed by atoms with E-state index in [1.165, 1.54) is 7.11 Å². The van der Waals surface area contributed by atoms with Gasteiger partial charge in [0.2, 0.25) is 5.91 Å². The lowest BCUT2D eigenvalue weighted by Gasteiger charge is -2.35. The summed E-state index contributed by atoms with van der Waals surface area (Å²) in [5.41, 5.74) is 0.240. The second-order valence-electron chi connectivity index (χ2n) is 5.66. The quantitative estimate of drug-likeness (QED) is 0.649. The van der Waals surface area contributed by atoms with Crippen LogP contribution in [0.15, 0.2) is 12.1 Å². The molecule has 0 unspecified atom stereocenters. The lowest BCUT2D eigenvalue weighted by Crippen LogP contribution is -2.51. The van der Waals surface area contributed by atoms with Crippen molar-refractivity contribution in [2.45, 2.75) is 0 Å². The van der Waals surface area contributed by atoms with Crippen LogP contribution >= 0.6 is 23.2 Å². The number of hydrogen-bond donors (Lipinski definition) is 0. The maximum absolute atomic E-state index is 12.8. The number of amides is 2. The van der Waals surface area contributed by atoms with Gasteiger partial charge in [-0.3, -0.25) is 9.59 Å². The van der Waals surface area contributed by atoms with Crippen LogP contribution in [0.2, 0.25) is 10.0 Å². The fourth-order valence-corrected chi connectivity index (χ4v) is 3.11. The zero-order valence-corrected chi connectivity index (χ0v) is 16.3. The lowest BCUT2D eigenvalue weighted by molar-refractivity contribution is -0.138. The standard InChI is InChI=1S/C17H22Cl2N2O5/c1-24-9-10-26-11-14(22)20-5-7-21(8-6-20)17(23)15-12(18)3-4-13(19)16(15)25-2/h3-4H,5-11H2,1-2H3. The highest BCUT2D eigenvalue weighted by molar-refractivity contribution is 6.37. The summed E-state index contributed by atoms with van der Waals surface area (Å²) in [4.78, 5) is 28.2. The summed E-state index contributed by atoms with van der Waals surface area (Å²) >= 11 is 12.3. The fraction of sp³-hybridized carbons (Fsp3) is 0.529. The number of methoxy groups -OCH3 is 2. The number of halogens is 2. The summed E-state index contributed by atoms with van der Waals surface area (Å²) in [5.74, 6) is -0.112. The zero-order valence-electron chi connectivity index (χ0n) is 14.8. The van der Waals surface area contributed by atoms with E-state index in [0.29, 0.717) is 44.4 Å². The van der Waals surface area contributed by atoms with E-state index in [1.54, 1.807) is 29.0 Å². The number of piperazine rings is 1. The molecular formula is C17H22Cl2N2O5. The molecule has 0 atom stereocenters. The molecule has 1 heterocycles. The molecule has 0 aliphatic carbocycles. The van der Waals surface area contributed by atoms with Crippen LogP contribution in [-0.2, 0) is 14.3 Å². The smallest absolute Gasteiger partial charge is 0.259 e. The minimum atomic E-state index is -0.266. The molecule has 1 aliphatic rings. The molecule has 0 saturated carbocycles. The van der Waals surface area contributed by atoms with Crippen LogP contribution in [0.4, 0.5) is 0 Å². The SMILES string of the molecule is COCCOCC(=O)N1CCN(C(=O)c2c(Cl)ccc(Cl)c2OC)CC1. The van der Waals surface area contributed by atoms with Crippen molar-refractivity contribution < 1.29 is 23.8 Å². The molecule has 1 fully saturated rings. The highest BCUT2D eigenvalue weighted by Gasteiger charge is 2.28. The summed E-state index contributed by atoms with van der Waals surface area (Å²) < 4.78 is 15.3. The third-order valence-electron chi connectivity index (χ3n) is 4.05. The van der Waals surface area contributed by atoms with E-state index in [4.69, 9.17) is 37.4 Å². The summed E-state index contributed by atoms with van der Waals surface area (Å²) in [6.45, 7) is 2.47. The van der Waals surface area contributed by atoms with E-state index in [-0.39, 0.29) is 34.8 Å².